The van der Waals surface area contributed by atoms with Gasteiger partial charge in [-0.05, 0) is 43.1 Å². The van der Waals surface area contributed by atoms with E-state index >= 15 is 0 Å². The van der Waals surface area contributed by atoms with E-state index in [9.17, 15) is 9.18 Å². The Morgan fingerprint density at radius 1 is 1.50 bits per heavy atom. The van der Waals surface area contributed by atoms with Gasteiger partial charge in [-0.2, -0.15) is 0 Å². The summed E-state index contributed by atoms with van der Waals surface area (Å²) in [7, 11) is 0. The van der Waals surface area contributed by atoms with Crippen LogP contribution in [0.15, 0.2) is 24.4 Å². The molecule has 1 fully saturated rings. The van der Waals surface area contributed by atoms with Crippen LogP contribution in [0.2, 0.25) is 0 Å². The number of aromatic nitrogens is 1. The number of ether oxygens (including phenoxy) is 1. The predicted octanol–water partition coefficient (Wildman–Crippen LogP) is 2.14. The molecule has 0 radical (unpaired) electrons. The molecule has 2 N–H and O–H groups in total. The highest BCUT2D eigenvalue weighted by Crippen LogP contribution is 2.23. The molecule has 4 nitrogen and oxygen atoms in total. The fraction of sp³-hybridized carbons (Fsp3) is 0.400. The zero-order valence-electron chi connectivity index (χ0n) is 11.3. The van der Waals surface area contributed by atoms with Crippen molar-refractivity contribution in [2.45, 2.75) is 31.9 Å². The molecule has 0 spiro atoms. The van der Waals surface area contributed by atoms with Crippen molar-refractivity contribution in [1.82, 2.24) is 10.3 Å². The Labute approximate surface area is 116 Å². The van der Waals surface area contributed by atoms with Gasteiger partial charge in [0.05, 0.1) is 0 Å². The molecule has 2 atom stereocenters. The van der Waals surface area contributed by atoms with E-state index in [1.807, 2.05) is 6.20 Å². The summed E-state index contributed by atoms with van der Waals surface area (Å²) in [6.07, 6.45) is 3.40. The number of aromatic amines is 1. The van der Waals surface area contributed by atoms with Gasteiger partial charge >= 0.3 is 5.97 Å². The van der Waals surface area contributed by atoms with Gasteiger partial charge < -0.3 is 15.0 Å². The number of esters is 1. The van der Waals surface area contributed by atoms with Gasteiger partial charge in [0.15, 0.2) is 0 Å². The van der Waals surface area contributed by atoms with Crippen LogP contribution in [0.4, 0.5) is 4.39 Å². The van der Waals surface area contributed by atoms with Crippen LogP contribution in [0.5, 0.6) is 0 Å². The molecular weight excluding hydrogens is 259 g/mol. The van der Waals surface area contributed by atoms with E-state index in [1.54, 1.807) is 6.07 Å². The molecule has 0 unspecified atom stereocenters. The third-order valence-electron chi connectivity index (χ3n) is 3.77. The van der Waals surface area contributed by atoms with Crippen LogP contribution in [-0.2, 0) is 16.0 Å². The van der Waals surface area contributed by atoms with Gasteiger partial charge in [-0.25, -0.2) is 4.39 Å². The van der Waals surface area contributed by atoms with Crippen molar-refractivity contribution in [2.24, 2.45) is 0 Å². The lowest BCUT2D eigenvalue weighted by molar-refractivity contribution is -0.146. The Hall–Kier alpha value is -1.88. The SMILES string of the molecule is CC(=O)O[C@H]1CCN[C@@H]1Cc1c[nH]c2cc(F)ccc12. The van der Waals surface area contributed by atoms with Gasteiger partial charge in [0.25, 0.3) is 0 Å². The number of carbonyl (C=O) groups excluding carboxylic acids is 1. The molecular formula is C15H17FN2O2. The van der Waals surface area contributed by atoms with Crippen molar-refractivity contribution in [3.63, 3.8) is 0 Å². The van der Waals surface area contributed by atoms with E-state index < -0.39 is 0 Å². The maximum Gasteiger partial charge on any atom is 0.302 e. The molecule has 3 rings (SSSR count). The average molecular weight is 276 g/mol. The number of benzene rings is 1. The minimum atomic E-state index is -0.248. The first-order valence-corrected chi connectivity index (χ1v) is 6.79. The van der Waals surface area contributed by atoms with Gasteiger partial charge in [-0.15, -0.1) is 0 Å². The van der Waals surface area contributed by atoms with E-state index in [1.165, 1.54) is 19.1 Å². The van der Waals surface area contributed by atoms with Gasteiger partial charge in [0, 0.05) is 30.1 Å². The standard InChI is InChI=1S/C15H17FN2O2/c1-9(19)20-15-4-5-17-14(15)6-10-8-18-13-7-11(16)2-3-12(10)13/h2-3,7-8,14-15,17-18H,4-6H2,1H3/t14-,15+/m1/s1. The van der Waals surface area contributed by atoms with Crippen LogP contribution in [-0.4, -0.2) is 29.6 Å². The second kappa shape index (κ2) is 5.25. The van der Waals surface area contributed by atoms with Crippen molar-refractivity contribution in [3.05, 3.63) is 35.8 Å². The molecule has 106 valence electrons. The highest BCUT2D eigenvalue weighted by Gasteiger charge is 2.29. The van der Waals surface area contributed by atoms with Crippen molar-refractivity contribution in [2.75, 3.05) is 6.54 Å². The Morgan fingerprint density at radius 2 is 2.35 bits per heavy atom. The minimum Gasteiger partial charge on any atom is -0.461 e. The molecule has 0 aliphatic carbocycles. The fourth-order valence-electron chi connectivity index (χ4n) is 2.87. The number of hydrogen-bond acceptors (Lipinski definition) is 3. The predicted molar refractivity (Wildman–Crippen MR) is 73.9 cm³/mol. The summed E-state index contributed by atoms with van der Waals surface area (Å²) in [5.41, 5.74) is 1.90. The molecule has 0 amide bonds. The van der Waals surface area contributed by atoms with Crippen molar-refractivity contribution in [3.8, 4) is 0 Å². The number of H-pyrrole nitrogens is 1. The van der Waals surface area contributed by atoms with Crippen molar-refractivity contribution in [1.29, 1.82) is 0 Å². The fourth-order valence-corrected chi connectivity index (χ4v) is 2.87. The summed E-state index contributed by atoms with van der Waals surface area (Å²) in [5.74, 6) is -0.493. The first kappa shape index (κ1) is 13.1. The van der Waals surface area contributed by atoms with Crippen LogP contribution >= 0.6 is 0 Å². The van der Waals surface area contributed by atoms with E-state index in [-0.39, 0.29) is 23.9 Å². The summed E-state index contributed by atoms with van der Waals surface area (Å²) in [6, 6.07) is 4.85. The second-order valence-corrected chi connectivity index (χ2v) is 5.21. The molecule has 1 aromatic heterocycles. The monoisotopic (exact) mass is 276 g/mol. The summed E-state index contributed by atoms with van der Waals surface area (Å²) in [5, 5.41) is 4.38. The highest BCUT2D eigenvalue weighted by atomic mass is 19.1. The third-order valence-corrected chi connectivity index (χ3v) is 3.77. The molecule has 1 saturated heterocycles. The largest absolute Gasteiger partial charge is 0.461 e. The average Bonchev–Trinajstić information content (AvgIpc) is 2.97. The molecule has 1 aromatic carbocycles. The van der Waals surface area contributed by atoms with E-state index in [0.717, 1.165) is 35.9 Å². The number of rotatable bonds is 3. The van der Waals surface area contributed by atoms with Crippen LogP contribution in [0.3, 0.4) is 0 Å². The Bertz CT molecular complexity index is 638. The number of halogens is 1. The van der Waals surface area contributed by atoms with Gasteiger partial charge in [0.1, 0.15) is 11.9 Å². The smallest absolute Gasteiger partial charge is 0.302 e. The molecule has 0 saturated carbocycles. The van der Waals surface area contributed by atoms with E-state index in [4.69, 9.17) is 4.74 Å². The maximum absolute atomic E-state index is 13.2. The molecule has 1 aliphatic rings. The zero-order chi connectivity index (χ0) is 14.1. The van der Waals surface area contributed by atoms with Crippen molar-refractivity contribution < 1.29 is 13.9 Å². The van der Waals surface area contributed by atoms with Gasteiger partial charge in [0.2, 0.25) is 0 Å². The van der Waals surface area contributed by atoms with E-state index in [2.05, 4.69) is 10.3 Å². The Kier molecular flexibility index (Phi) is 3.44. The van der Waals surface area contributed by atoms with Crippen molar-refractivity contribution >= 4 is 16.9 Å². The van der Waals surface area contributed by atoms with Crippen LogP contribution < -0.4 is 5.32 Å². The number of nitrogens with one attached hydrogen (secondary N) is 2. The van der Waals surface area contributed by atoms with Crippen LogP contribution in [0.1, 0.15) is 18.9 Å². The quantitative estimate of drug-likeness (QED) is 0.845. The lowest BCUT2D eigenvalue weighted by Gasteiger charge is -2.19. The molecule has 0 bridgehead atoms. The Morgan fingerprint density at radius 3 is 3.15 bits per heavy atom. The first-order chi connectivity index (χ1) is 9.63. The third kappa shape index (κ3) is 2.54. The Balaban J connectivity index is 1.80. The topological polar surface area (TPSA) is 54.1 Å². The summed E-state index contributed by atoms with van der Waals surface area (Å²) in [6.45, 7) is 2.28. The molecule has 2 heterocycles. The maximum atomic E-state index is 13.2. The molecule has 20 heavy (non-hydrogen) atoms. The summed E-state index contributed by atoms with van der Waals surface area (Å²) < 4.78 is 18.5. The van der Waals surface area contributed by atoms with Crippen LogP contribution in [0, 0.1) is 5.82 Å². The normalized spacial score (nSPS) is 22.3. The zero-order valence-corrected chi connectivity index (χ0v) is 11.3. The lowest BCUT2D eigenvalue weighted by Crippen LogP contribution is -2.35. The van der Waals surface area contributed by atoms with E-state index in [0.29, 0.717) is 0 Å². The lowest BCUT2D eigenvalue weighted by atomic mass is 10.0. The number of fused-ring (bicyclic) bond motifs is 1. The molecule has 2 aromatic rings. The van der Waals surface area contributed by atoms with Gasteiger partial charge in [-0.1, -0.05) is 0 Å². The highest BCUT2D eigenvalue weighted by molar-refractivity contribution is 5.83. The second-order valence-electron chi connectivity index (χ2n) is 5.21. The molecule has 5 heteroatoms. The first-order valence-electron chi connectivity index (χ1n) is 6.79. The minimum absolute atomic E-state index is 0.0853. The van der Waals surface area contributed by atoms with Crippen LogP contribution in [0.25, 0.3) is 10.9 Å². The summed E-state index contributed by atoms with van der Waals surface area (Å²) in [4.78, 5) is 14.2. The molecule has 1 aliphatic heterocycles. The summed E-state index contributed by atoms with van der Waals surface area (Å²) >= 11 is 0. The van der Waals surface area contributed by atoms with Gasteiger partial charge in [-0.3, -0.25) is 4.79 Å². The number of carbonyl (C=O) groups is 1. The number of hydrogen-bond donors (Lipinski definition) is 2.